The van der Waals surface area contributed by atoms with Gasteiger partial charge in [0.1, 0.15) is 5.58 Å². The van der Waals surface area contributed by atoms with Crippen LogP contribution in [-0.2, 0) is 0 Å². The Labute approximate surface area is 243 Å². The summed E-state index contributed by atoms with van der Waals surface area (Å²) in [7, 11) is 0. The zero-order valence-corrected chi connectivity index (χ0v) is 22.8. The van der Waals surface area contributed by atoms with Crippen molar-refractivity contribution < 1.29 is 4.42 Å². The highest BCUT2D eigenvalue weighted by atomic mass is 16.3. The van der Waals surface area contributed by atoms with Crippen molar-refractivity contribution in [1.82, 2.24) is 4.98 Å². The van der Waals surface area contributed by atoms with Crippen LogP contribution < -0.4 is 4.90 Å². The molecule has 198 valence electrons. The standard InChI is InChI=1S/C39H26N2O/c1-2-7-27(8-3-1)29-14-18-33(19-15-29)41(35-22-23-36-37-11-6-24-40-39(37)42-38(36)26-35)34-20-16-30(17-21-34)32-13-12-28-9-4-5-10-31(28)25-32/h1-26H. The highest BCUT2D eigenvalue weighted by Gasteiger charge is 2.16. The minimum atomic E-state index is 0.656. The van der Waals surface area contributed by atoms with Crippen molar-refractivity contribution >= 4 is 49.9 Å². The highest BCUT2D eigenvalue weighted by molar-refractivity contribution is 6.04. The molecule has 42 heavy (non-hydrogen) atoms. The van der Waals surface area contributed by atoms with Gasteiger partial charge in [-0.1, -0.05) is 91.0 Å². The Bertz CT molecular complexity index is 2180. The second kappa shape index (κ2) is 10.1. The molecule has 0 fully saturated rings. The van der Waals surface area contributed by atoms with Crippen molar-refractivity contribution in [2.45, 2.75) is 0 Å². The molecule has 2 aromatic heterocycles. The van der Waals surface area contributed by atoms with E-state index >= 15 is 0 Å². The predicted molar refractivity (Wildman–Crippen MR) is 175 cm³/mol. The van der Waals surface area contributed by atoms with E-state index < -0.39 is 0 Å². The number of pyridine rings is 1. The van der Waals surface area contributed by atoms with Gasteiger partial charge in [-0.3, -0.25) is 0 Å². The van der Waals surface area contributed by atoms with Crippen LogP contribution in [0, 0.1) is 0 Å². The molecule has 0 aliphatic rings. The van der Waals surface area contributed by atoms with E-state index in [1.54, 1.807) is 6.20 Å². The first-order valence-corrected chi connectivity index (χ1v) is 14.1. The Hall–Kier alpha value is -5.67. The third kappa shape index (κ3) is 4.29. The molecule has 0 spiro atoms. The minimum absolute atomic E-state index is 0.656. The van der Waals surface area contributed by atoms with Gasteiger partial charge in [0.05, 0.1) is 0 Å². The van der Waals surface area contributed by atoms with Crippen LogP contribution in [0.2, 0.25) is 0 Å². The number of rotatable bonds is 5. The fourth-order valence-corrected chi connectivity index (χ4v) is 5.79. The number of nitrogens with zero attached hydrogens (tertiary/aromatic N) is 2. The lowest BCUT2D eigenvalue weighted by Gasteiger charge is -2.26. The van der Waals surface area contributed by atoms with E-state index in [1.807, 2.05) is 12.1 Å². The van der Waals surface area contributed by atoms with Gasteiger partial charge in [-0.25, -0.2) is 4.98 Å². The molecule has 0 atom stereocenters. The molecule has 0 aliphatic heterocycles. The Morgan fingerprint density at radius 3 is 1.81 bits per heavy atom. The number of fused-ring (bicyclic) bond motifs is 4. The lowest BCUT2D eigenvalue weighted by atomic mass is 10.0. The quantitative estimate of drug-likeness (QED) is 0.218. The number of anilines is 3. The van der Waals surface area contributed by atoms with Gasteiger partial charge in [0.25, 0.3) is 0 Å². The van der Waals surface area contributed by atoms with Crippen LogP contribution in [-0.4, -0.2) is 4.98 Å². The fourth-order valence-electron chi connectivity index (χ4n) is 5.79. The summed E-state index contributed by atoms with van der Waals surface area (Å²) < 4.78 is 6.17. The number of furan rings is 1. The molecule has 0 saturated carbocycles. The van der Waals surface area contributed by atoms with E-state index in [4.69, 9.17) is 4.42 Å². The molecule has 3 nitrogen and oxygen atoms in total. The van der Waals surface area contributed by atoms with Gasteiger partial charge in [-0.05, 0) is 87.6 Å². The van der Waals surface area contributed by atoms with Gasteiger partial charge in [-0.15, -0.1) is 0 Å². The summed E-state index contributed by atoms with van der Waals surface area (Å²) in [5.74, 6) is 0. The third-order valence-corrected chi connectivity index (χ3v) is 7.93. The monoisotopic (exact) mass is 538 g/mol. The average Bonchev–Trinajstić information content (AvgIpc) is 3.44. The fraction of sp³-hybridized carbons (Fsp3) is 0. The largest absolute Gasteiger partial charge is 0.438 e. The molecule has 0 amide bonds. The summed E-state index contributed by atoms with van der Waals surface area (Å²) in [5.41, 5.74) is 9.41. The first-order chi connectivity index (χ1) is 20.8. The SMILES string of the molecule is c1ccc(-c2ccc(N(c3ccc(-c4ccc5ccccc5c4)cc3)c3ccc4c(c3)oc3ncccc34)cc2)cc1. The molecule has 0 saturated heterocycles. The second-order valence-electron chi connectivity index (χ2n) is 10.5. The summed E-state index contributed by atoms with van der Waals surface area (Å²) >= 11 is 0. The number of benzene rings is 6. The Morgan fingerprint density at radius 2 is 1.05 bits per heavy atom. The average molecular weight is 539 g/mol. The van der Waals surface area contributed by atoms with Crippen LogP contribution in [0.25, 0.3) is 55.1 Å². The van der Waals surface area contributed by atoms with Crippen molar-refractivity contribution in [3.63, 3.8) is 0 Å². The van der Waals surface area contributed by atoms with Crippen molar-refractivity contribution in [2.75, 3.05) is 4.90 Å². The summed E-state index contributed by atoms with van der Waals surface area (Å²) in [6.07, 6.45) is 1.77. The first-order valence-electron chi connectivity index (χ1n) is 14.1. The van der Waals surface area contributed by atoms with Gasteiger partial charge in [0.15, 0.2) is 0 Å². The Morgan fingerprint density at radius 1 is 0.429 bits per heavy atom. The van der Waals surface area contributed by atoms with Crippen molar-refractivity contribution in [2.24, 2.45) is 0 Å². The Kier molecular flexibility index (Phi) is 5.79. The lowest BCUT2D eigenvalue weighted by Crippen LogP contribution is -2.09. The van der Waals surface area contributed by atoms with Gasteiger partial charge in [0, 0.05) is 40.1 Å². The normalized spacial score (nSPS) is 11.3. The van der Waals surface area contributed by atoms with Crippen molar-refractivity contribution in [3.8, 4) is 22.3 Å². The number of hydrogen-bond acceptors (Lipinski definition) is 3. The van der Waals surface area contributed by atoms with Crippen LogP contribution in [0.1, 0.15) is 0 Å². The van der Waals surface area contributed by atoms with E-state index in [0.29, 0.717) is 5.71 Å². The van der Waals surface area contributed by atoms with Crippen LogP contribution in [0.15, 0.2) is 162 Å². The molecule has 0 N–H and O–H groups in total. The molecule has 0 radical (unpaired) electrons. The summed E-state index contributed by atoms with van der Waals surface area (Å²) in [6, 6.07) is 53.5. The Balaban J connectivity index is 1.22. The zero-order chi connectivity index (χ0) is 27.9. The molecule has 2 heterocycles. The van der Waals surface area contributed by atoms with E-state index in [0.717, 1.165) is 33.4 Å². The van der Waals surface area contributed by atoms with E-state index in [1.165, 1.54) is 33.0 Å². The van der Waals surface area contributed by atoms with Crippen LogP contribution in [0.5, 0.6) is 0 Å². The van der Waals surface area contributed by atoms with E-state index in [9.17, 15) is 0 Å². The summed E-state index contributed by atoms with van der Waals surface area (Å²) in [5, 5.41) is 4.58. The van der Waals surface area contributed by atoms with Crippen molar-refractivity contribution in [1.29, 1.82) is 0 Å². The molecule has 6 aromatic carbocycles. The van der Waals surface area contributed by atoms with Crippen LogP contribution >= 0.6 is 0 Å². The lowest BCUT2D eigenvalue weighted by molar-refractivity contribution is 0.654. The maximum atomic E-state index is 6.17. The topological polar surface area (TPSA) is 29.3 Å². The van der Waals surface area contributed by atoms with E-state index in [-0.39, 0.29) is 0 Å². The predicted octanol–water partition coefficient (Wildman–Crippen LogP) is 10.9. The molecule has 0 bridgehead atoms. The minimum Gasteiger partial charge on any atom is -0.438 e. The summed E-state index contributed by atoms with van der Waals surface area (Å²) in [6.45, 7) is 0. The molecule has 3 heteroatoms. The summed E-state index contributed by atoms with van der Waals surface area (Å²) in [4.78, 5) is 6.70. The van der Waals surface area contributed by atoms with Crippen LogP contribution in [0.3, 0.4) is 0 Å². The zero-order valence-electron chi connectivity index (χ0n) is 22.8. The molecular weight excluding hydrogens is 512 g/mol. The van der Waals surface area contributed by atoms with Crippen molar-refractivity contribution in [3.05, 3.63) is 158 Å². The number of aromatic nitrogens is 1. The molecule has 0 aliphatic carbocycles. The highest BCUT2D eigenvalue weighted by Crippen LogP contribution is 2.39. The number of hydrogen-bond donors (Lipinski definition) is 0. The van der Waals surface area contributed by atoms with Gasteiger partial charge in [-0.2, -0.15) is 0 Å². The first kappa shape index (κ1) is 24.2. The maximum absolute atomic E-state index is 6.17. The smallest absolute Gasteiger partial charge is 0.227 e. The molecule has 8 rings (SSSR count). The molecule has 0 unspecified atom stereocenters. The second-order valence-corrected chi connectivity index (χ2v) is 10.5. The van der Waals surface area contributed by atoms with Gasteiger partial charge in [0.2, 0.25) is 5.71 Å². The maximum Gasteiger partial charge on any atom is 0.227 e. The third-order valence-electron chi connectivity index (χ3n) is 7.93. The van der Waals surface area contributed by atoms with E-state index in [2.05, 4.69) is 149 Å². The molecular formula is C39H26N2O. The van der Waals surface area contributed by atoms with Gasteiger partial charge >= 0.3 is 0 Å². The van der Waals surface area contributed by atoms with Gasteiger partial charge < -0.3 is 9.32 Å². The van der Waals surface area contributed by atoms with Crippen LogP contribution in [0.4, 0.5) is 17.1 Å². The molecule has 8 aromatic rings.